The number of carbonyl (C=O) groups excluding carboxylic acids is 1. The summed E-state index contributed by atoms with van der Waals surface area (Å²) in [5.41, 5.74) is 5.20. The van der Waals surface area contributed by atoms with Gasteiger partial charge in [-0.2, -0.15) is 0 Å². The zero-order chi connectivity index (χ0) is 16.8. The van der Waals surface area contributed by atoms with Crippen molar-refractivity contribution in [2.24, 2.45) is 21.6 Å². The van der Waals surface area contributed by atoms with Gasteiger partial charge in [0.25, 0.3) is 0 Å². The van der Waals surface area contributed by atoms with Crippen LogP contribution in [0.1, 0.15) is 60.3 Å². The van der Waals surface area contributed by atoms with E-state index in [2.05, 4.69) is 36.0 Å². The first-order valence-corrected chi connectivity index (χ1v) is 8.57. The third-order valence-corrected chi connectivity index (χ3v) is 4.56. The first-order chi connectivity index (χ1) is 10.2. The average Bonchev–Trinajstić information content (AvgIpc) is 2.43. The summed E-state index contributed by atoms with van der Waals surface area (Å²) in [6.07, 6.45) is 4.94. The van der Waals surface area contributed by atoms with E-state index in [0.29, 0.717) is 12.0 Å². The minimum Gasteiger partial charge on any atom is -0.369 e. The number of guanidine groups is 1. The molecule has 0 aromatic heterocycles. The number of nitrogens with two attached hydrogens (primary N) is 1. The van der Waals surface area contributed by atoms with Crippen molar-refractivity contribution in [1.82, 2.24) is 10.2 Å². The Morgan fingerprint density at radius 3 is 2.64 bits per heavy atom. The fourth-order valence-electron chi connectivity index (χ4n) is 3.08. The van der Waals surface area contributed by atoms with Gasteiger partial charge < -0.3 is 16.0 Å². The monoisotopic (exact) mass is 310 g/mol. The van der Waals surface area contributed by atoms with Crippen molar-refractivity contribution < 1.29 is 4.79 Å². The Balaban J connectivity index is 2.83. The molecule has 0 bridgehead atoms. The van der Waals surface area contributed by atoms with Gasteiger partial charge in [-0.05, 0) is 45.4 Å². The third-order valence-electron chi connectivity index (χ3n) is 4.56. The molecule has 1 aliphatic rings. The van der Waals surface area contributed by atoms with Crippen LogP contribution in [0.3, 0.4) is 0 Å². The number of aliphatic imine (C=N–C) groups is 1. The summed E-state index contributed by atoms with van der Waals surface area (Å²) < 4.78 is 0. The maximum absolute atomic E-state index is 11.5. The highest BCUT2D eigenvalue weighted by Gasteiger charge is 2.32. The van der Waals surface area contributed by atoms with E-state index in [1.54, 1.807) is 0 Å². The van der Waals surface area contributed by atoms with Gasteiger partial charge >= 0.3 is 0 Å². The zero-order valence-electron chi connectivity index (χ0n) is 15.0. The molecule has 1 rings (SSSR count). The third kappa shape index (κ3) is 5.18. The molecule has 1 fully saturated rings. The van der Waals surface area contributed by atoms with Crippen molar-refractivity contribution in [2.75, 3.05) is 26.2 Å². The van der Waals surface area contributed by atoms with Crippen LogP contribution < -0.4 is 11.1 Å². The molecular weight excluding hydrogens is 276 g/mol. The maximum Gasteiger partial charge on any atom is 0.224 e. The number of hydrogen-bond donors (Lipinski definition) is 2. The van der Waals surface area contributed by atoms with Crippen LogP contribution in [-0.2, 0) is 4.79 Å². The Hall–Kier alpha value is -1.26. The normalized spacial score (nSPS) is 23.5. The molecule has 1 unspecified atom stereocenters. The van der Waals surface area contributed by atoms with Gasteiger partial charge in [-0.3, -0.25) is 9.79 Å². The topological polar surface area (TPSA) is 70.7 Å². The van der Waals surface area contributed by atoms with Gasteiger partial charge in [-0.25, -0.2) is 0 Å². The number of rotatable bonds is 6. The number of carbonyl (C=O) groups is 1. The Kier molecular flexibility index (Phi) is 6.69. The maximum atomic E-state index is 11.5. The van der Waals surface area contributed by atoms with Crippen molar-refractivity contribution in [3.05, 3.63) is 0 Å². The van der Waals surface area contributed by atoms with E-state index in [9.17, 15) is 4.79 Å². The van der Waals surface area contributed by atoms with Gasteiger partial charge in [0.05, 0.1) is 12.0 Å². The number of likely N-dealkylation sites (tertiary alicyclic amines) is 1. The quantitative estimate of drug-likeness (QED) is 0.584. The molecule has 0 saturated carbocycles. The van der Waals surface area contributed by atoms with Crippen molar-refractivity contribution in [2.45, 2.75) is 60.3 Å². The van der Waals surface area contributed by atoms with E-state index < -0.39 is 5.41 Å². The number of primary amides is 1. The molecule has 1 aliphatic heterocycles. The standard InChI is InChI=1S/C17H34N4O/c1-6-9-17(5)10-8-11-21(13-17)15(19-7-2)20-12-16(3,4)14(18)22/h6-13H2,1-5H3,(H2,18,22)(H,19,20). The second-order valence-corrected chi connectivity index (χ2v) is 7.50. The Morgan fingerprint density at radius 1 is 1.41 bits per heavy atom. The molecule has 0 spiro atoms. The summed E-state index contributed by atoms with van der Waals surface area (Å²) in [5.74, 6) is 0.611. The minimum atomic E-state index is -0.608. The second-order valence-electron chi connectivity index (χ2n) is 7.50. The summed E-state index contributed by atoms with van der Waals surface area (Å²) in [4.78, 5) is 18.5. The first-order valence-electron chi connectivity index (χ1n) is 8.57. The van der Waals surface area contributed by atoms with Gasteiger partial charge in [-0.1, -0.05) is 20.3 Å². The lowest BCUT2D eigenvalue weighted by Crippen LogP contribution is -2.50. The van der Waals surface area contributed by atoms with Gasteiger partial charge in [0.15, 0.2) is 5.96 Å². The van der Waals surface area contributed by atoms with Crippen LogP contribution in [0.15, 0.2) is 4.99 Å². The predicted molar refractivity (Wildman–Crippen MR) is 92.8 cm³/mol. The second kappa shape index (κ2) is 7.84. The fourth-order valence-corrected chi connectivity index (χ4v) is 3.08. The fraction of sp³-hybridized carbons (Fsp3) is 0.882. The van der Waals surface area contributed by atoms with Crippen LogP contribution in [0, 0.1) is 10.8 Å². The van der Waals surface area contributed by atoms with Gasteiger partial charge in [0.1, 0.15) is 0 Å². The lowest BCUT2D eigenvalue weighted by molar-refractivity contribution is -0.125. The highest BCUT2D eigenvalue weighted by Crippen LogP contribution is 2.34. The van der Waals surface area contributed by atoms with Crippen LogP contribution in [0.5, 0.6) is 0 Å². The van der Waals surface area contributed by atoms with Crippen LogP contribution in [0.4, 0.5) is 0 Å². The van der Waals surface area contributed by atoms with Crippen molar-refractivity contribution >= 4 is 11.9 Å². The summed E-state index contributed by atoms with van der Waals surface area (Å²) in [5, 5.41) is 3.37. The Morgan fingerprint density at radius 2 is 2.09 bits per heavy atom. The molecule has 128 valence electrons. The highest BCUT2D eigenvalue weighted by atomic mass is 16.1. The summed E-state index contributed by atoms with van der Waals surface area (Å²) in [6.45, 7) is 13.7. The molecular formula is C17H34N4O. The smallest absolute Gasteiger partial charge is 0.224 e. The van der Waals surface area contributed by atoms with Crippen LogP contribution in [-0.4, -0.2) is 42.9 Å². The van der Waals surface area contributed by atoms with Crippen LogP contribution >= 0.6 is 0 Å². The molecule has 3 N–H and O–H groups in total. The summed E-state index contributed by atoms with van der Waals surface area (Å²) in [7, 11) is 0. The molecule has 1 saturated heterocycles. The van der Waals surface area contributed by atoms with Gasteiger partial charge in [0, 0.05) is 19.6 Å². The molecule has 0 aliphatic carbocycles. The van der Waals surface area contributed by atoms with Crippen molar-refractivity contribution in [1.29, 1.82) is 0 Å². The lowest BCUT2D eigenvalue weighted by atomic mass is 9.78. The van der Waals surface area contributed by atoms with E-state index >= 15 is 0 Å². The molecule has 1 atom stereocenters. The average molecular weight is 310 g/mol. The molecule has 5 heteroatoms. The highest BCUT2D eigenvalue weighted by molar-refractivity contribution is 5.82. The summed E-state index contributed by atoms with van der Waals surface area (Å²) >= 11 is 0. The summed E-state index contributed by atoms with van der Waals surface area (Å²) in [6, 6.07) is 0. The van der Waals surface area contributed by atoms with E-state index in [0.717, 1.165) is 25.6 Å². The van der Waals surface area contributed by atoms with Gasteiger partial charge in [-0.15, -0.1) is 0 Å². The molecule has 0 radical (unpaired) electrons. The Bertz CT molecular complexity index is 401. The van der Waals surface area contributed by atoms with Crippen LogP contribution in [0.2, 0.25) is 0 Å². The van der Waals surface area contributed by atoms with E-state index in [4.69, 9.17) is 5.73 Å². The number of piperidine rings is 1. The van der Waals surface area contributed by atoms with Crippen molar-refractivity contribution in [3.63, 3.8) is 0 Å². The zero-order valence-corrected chi connectivity index (χ0v) is 15.0. The number of amides is 1. The van der Waals surface area contributed by atoms with Crippen molar-refractivity contribution in [3.8, 4) is 0 Å². The number of hydrogen-bond acceptors (Lipinski definition) is 2. The molecule has 0 aromatic rings. The van der Waals surface area contributed by atoms with Gasteiger partial charge in [0.2, 0.25) is 5.91 Å². The van der Waals surface area contributed by atoms with E-state index in [1.165, 1.54) is 25.7 Å². The lowest BCUT2D eigenvalue weighted by Gasteiger charge is -2.42. The SMILES string of the molecule is CCCC1(C)CCCN(C(=NCC(C)(C)C(N)=O)NCC)C1. The van der Waals surface area contributed by atoms with Crippen LogP contribution in [0.25, 0.3) is 0 Å². The number of nitrogens with zero attached hydrogens (tertiary/aromatic N) is 2. The van der Waals surface area contributed by atoms with E-state index in [-0.39, 0.29) is 5.91 Å². The molecule has 5 nitrogen and oxygen atoms in total. The van der Waals surface area contributed by atoms with E-state index in [1.807, 2.05) is 13.8 Å². The largest absolute Gasteiger partial charge is 0.369 e. The molecule has 22 heavy (non-hydrogen) atoms. The first kappa shape index (κ1) is 18.8. The molecule has 1 heterocycles. The minimum absolute atomic E-state index is 0.304. The molecule has 1 amide bonds. The molecule has 0 aromatic carbocycles. The predicted octanol–water partition coefficient (Wildman–Crippen LogP) is 2.37. The Labute approximate surface area is 135 Å². The number of nitrogens with one attached hydrogen (secondary N) is 1.